The molecule has 0 N–H and O–H groups in total. The molecule has 3 rings (SSSR count). The van der Waals surface area contributed by atoms with E-state index in [0.717, 1.165) is 12.0 Å². The lowest BCUT2D eigenvalue weighted by Gasteiger charge is -2.31. The third kappa shape index (κ3) is 5.81. The molecule has 1 fully saturated rings. The van der Waals surface area contributed by atoms with Gasteiger partial charge in [-0.15, -0.1) is 6.58 Å². The van der Waals surface area contributed by atoms with E-state index < -0.39 is 0 Å². The fourth-order valence-corrected chi connectivity index (χ4v) is 3.93. The van der Waals surface area contributed by atoms with Crippen LogP contribution in [0, 0.1) is 5.92 Å². The number of rotatable bonds is 8. The Bertz CT molecular complexity index is 968. The molecule has 0 saturated carbocycles. The Hall–Kier alpha value is -2.50. The largest absolute Gasteiger partial charge is 0.493 e. The van der Waals surface area contributed by atoms with E-state index >= 15 is 0 Å². The Morgan fingerprint density at radius 2 is 1.84 bits per heavy atom. The van der Waals surface area contributed by atoms with E-state index in [0.29, 0.717) is 53.0 Å². The Balaban J connectivity index is 1.53. The second-order valence-electron chi connectivity index (χ2n) is 7.41. The van der Waals surface area contributed by atoms with Crippen LogP contribution in [0.25, 0.3) is 0 Å². The molecule has 164 valence electrons. The highest BCUT2D eigenvalue weighted by molar-refractivity contribution is 6.42. The number of ketones is 1. The predicted octanol–water partition coefficient (Wildman–Crippen LogP) is 5.23. The number of halogens is 2. The maximum absolute atomic E-state index is 12.7. The van der Waals surface area contributed by atoms with Crippen LogP contribution in [0.2, 0.25) is 10.0 Å². The van der Waals surface area contributed by atoms with Crippen LogP contribution >= 0.6 is 23.2 Å². The maximum atomic E-state index is 12.7. The molecule has 0 aliphatic carbocycles. The average Bonchev–Trinajstić information content (AvgIpc) is 2.79. The summed E-state index contributed by atoms with van der Waals surface area (Å²) in [5.41, 5.74) is 1.61. The third-order valence-corrected chi connectivity index (χ3v) is 6.12. The van der Waals surface area contributed by atoms with Crippen LogP contribution in [0.3, 0.4) is 0 Å². The summed E-state index contributed by atoms with van der Waals surface area (Å²) in [6, 6.07) is 10.5. The quantitative estimate of drug-likeness (QED) is 0.398. The van der Waals surface area contributed by atoms with E-state index in [2.05, 4.69) is 6.58 Å². The highest BCUT2D eigenvalue weighted by atomic mass is 35.5. The highest BCUT2D eigenvalue weighted by Crippen LogP contribution is 2.29. The molecule has 1 saturated heterocycles. The number of hydrogen-bond donors (Lipinski definition) is 0. The number of benzene rings is 2. The van der Waals surface area contributed by atoms with Crippen LogP contribution in [0.4, 0.5) is 0 Å². The number of piperidine rings is 1. The van der Waals surface area contributed by atoms with Crippen molar-refractivity contribution in [2.24, 2.45) is 5.92 Å². The van der Waals surface area contributed by atoms with Crippen molar-refractivity contribution in [3.63, 3.8) is 0 Å². The lowest BCUT2D eigenvalue weighted by atomic mass is 9.89. The van der Waals surface area contributed by atoms with Crippen molar-refractivity contribution < 1.29 is 19.1 Å². The summed E-state index contributed by atoms with van der Waals surface area (Å²) < 4.78 is 11.1. The van der Waals surface area contributed by atoms with Crippen molar-refractivity contribution in [3.8, 4) is 11.5 Å². The van der Waals surface area contributed by atoms with Gasteiger partial charge >= 0.3 is 0 Å². The molecule has 1 aliphatic rings. The molecule has 5 nitrogen and oxygen atoms in total. The summed E-state index contributed by atoms with van der Waals surface area (Å²) in [4.78, 5) is 27.1. The van der Waals surface area contributed by atoms with Crippen LogP contribution in [0.5, 0.6) is 11.5 Å². The monoisotopic (exact) mass is 461 g/mol. The van der Waals surface area contributed by atoms with Crippen molar-refractivity contribution in [3.05, 3.63) is 70.2 Å². The molecule has 0 bridgehead atoms. The Kier molecular flexibility index (Phi) is 7.99. The number of carbonyl (C=O) groups excluding carboxylic acids is 2. The number of allylic oxidation sites excluding steroid dienone is 1. The van der Waals surface area contributed by atoms with Crippen LogP contribution in [-0.2, 0) is 11.2 Å². The van der Waals surface area contributed by atoms with Gasteiger partial charge in [0.15, 0.2) is 23.9 Å². The number of likely N-dealkylation sites (tertiary alicyclic amines) is 1. The van der Waals surface area contributed by atoms with Crippen LogP contribution in [0.1, 0.15) is 28.8 Å². The highest BCUT2D eigenvalue weighted by Gasteiger charge is 2.28. The summed E-state index contributed by atoms with van der Waals surface area (Å²) >= 11 is 12.0. The number of ether oxygens (including phenoxy) is 2. The molecule has 2 aromatic rings. The molecular formula is C24H25Cl2NO4. The molecule has 1 aliphatic heterocycles. The lowest BCUT2D eigenvalue weighted by Crippen LogP contribution is -2.42. The normalized spacial score (nSPS) is 14.2. The van der Waals surface area contributed by atoms with E-state index in [1.54, 1.807) is 36.3 Å². The number of hydrogen-bond acceptors (Lipinski definition) is 4. The van der Waals surface area contributed by atoms with Crippen molar-refractivity contribution in [2.45, 2.75) is 19.3 Å². The summed E-state index contributed by atoms with van der Waals surface area (Å²) in [6.07, 6.45) is 3.75. The smallest absolute Gasteiger partial charge is 0.260 e. The van der Waals surface area contributed by atoms with Crippen molar-refractivity contribution in [1.29, 1.82) is 0 Å². The van der Waals surface area contributed by atoms with Gasteiger partial charge in [-0.25, -0.2) is 0 Å². The maximum Gasteiger partial charge on any atom is 0.260 e. The van der Waals surface area contributed by atoms with Crippen molar-refractivity contribution in [1.82, 2.24) is 4.90 Å². The zero-order valence-electron chi connectivity index (χ0n) is 17.4. The molecule has 2 aromatic carbocycles. The number of amides is 1. The van der Waals surface area contributed by atoms with Crippen LogP contribution < -0.4 is 9.47 Å². The van der Waals surface area contributed by atoms with Gasteiger partial charge in [0.1, 0.15) is 0 Å². The molecule has 0 unspecified atom stereocenters. The summed E-state index contributed by atoms with van der Waals surface area (Å²) in [6.45, 7) is 4.67. The van der Waals surface area contributed by atoms with Gasteiger partial charge in [0, 0.05) is 24.6 Å². The molecule has 7 heteroatoms. The minimum Gasteiger partial charge on any atom is -0.493 e. The lowest BCUT2D eigenvalue weighted by molar-refractivity contribution is -0.134. The van der Waals surface area contributed by atoms with E-state index in [-0.39, 0.29) is 24.2 Å². The number of Topliss-reactive ketones (excluding diaryl/α,β-unsaturated/α-hetero) is 1. The first-order valence-electron chi connectivity index (χ1n) is 10.1. The van der Waals surface area contributed by atoms with Gasteiger partial charge in [-0.2, -0.15) is 0 Å². The molecule has 1 amide bonds. The Labute approximate surface area is 192 Å². The van der Waals surface area contributed by atoms with Gasteiger partial charge in [-0.3, -0.25) is 9.59 Å². The summed E-state index contributed by atoms with van der Waals surface area (Å²) in [7, 11) is 1.57. The second kappa shape index (κ2) is 10.7. The fraction of sp³-hybridized carbons (Fsp3) is 0.333. The molecule has 0 aromatic heterocycles. The minimum absolute atomic E-state index is 0.0336. The van der Waals surface area contributed by atoms with Gasteiger partial charge in [0.25, 0.3) is 5.91 Å². The number of nitrogens with zero attached hydrogens (tertiary/aromatic N) is 1. The SMILES string of the molecule is C=CCc1ccc(OCC(=O)N2CCC(C(=O)c3ccc(Cl)c(Cl)c3)CC2)c(OC)c1. The molecule has 0 spiro atoms. The number of carbonyl (C=O) groups is 2. The average molecular weight is 462 g/mol. The Morgan fingerprint density at radius 1 is 1.10 bits per heavy atom. The third-order valence-electron chi connectivity index (χ3n) is 5.38. The standard InChI is InChI=1S/C24H25Cl2NO4/c1-3-4-16-5-8-21(22(13-16)30-2)31-15-23(28)27-11-9-17(10-12-27)24(29)18-6-7-19(25)20(26)14-18/h3,5-8,13-14,17H,1,4,9-12,15H2,2H3. The predicted molar refractivity (Wildman–Crippen MR) is 122 cm³/mol. The zero-order chi connectivity index (χ0) is 22.4. The van der Waals surface area contributed by atoms with Crippen LogP contribution in [0.15, 0.2) is 49.1 Å². The molecular weight excluding hydrogens is 437 g/mol. The Morgan fingerprint density at radius 3 is 2.48 bits per heavy atom. The van der Waals surface area contributed by atoms with Crippen molar-refractivity contribution in [2.75, 3.05) is 26.8 Å². The first kappa shape index (κ1) is 23.2. The molecule has 0 radical (unpaired) electrons. The molecule has 1 heterocycles. The van der Waals surface area contributed by atoms with Crippen molar-refractivity contribution >= 4 is 34.9 Å². The first-order valence-corrected chi connectivity index (χ1v) is 10.9. The van der Waals surface area contributed by atoms with Gasteiger partial charge in [0.05, 0.1) is 17.2 Å². The summed E-state index contributed by atoms with van der Waals surface area (Å²) in [5, 5.41) is 0.788. The first-order chi connectivity index (χ1) is 14.9. The molecule has 0 atom stereocenters. The van der Waals surface area contributed by atoms with E-state index in [9.17, 15) is 9.59 Å². The number of methoxy groups -OCH3 is 1. The van der Waals surface area contributed by atoms with Gasteiger partial charge in [-0.05, 0) is 55.2 Å². The van der Waals surface area contributed by atoms with E-state index in [1.165, 1.54) is 0 Å². The van der Waals surface area contributed by atoms with Crippen LogP contribution in [-0.4, -0.2) is 43.4 Å². The van der Waals surface area contributed by atoms with Gasteiger partial charge in [0.2, 0.25) is 0 Å². The van der Waals surface area contributed by atoms with E-state index in [1.807, 2.05) is 18.2 Å². The topological polar surface area (TPSA) is 55.8 Å². The fourth-order valence-electron chi connectivity index (χ4n) is 3.63. The van der Waals surface area contributed by atoms with E-state index in [4.69, 9.17) is 32.7 Å². The minimum atomic E-state index is -0.139. The van der Waals surface area contributed by atoms with Gasteiger partial charge < -0.3 is 14.4 Å². The van der Waals surface area contributed by atoms with Gasteiger partial charge in [-0.1, -0.05) is 35.3 Å². The zero-order valence-corrected chi connectivity index (χ0v) is 18.9. The summed E-state index contributed by atoms with van der Waals surface area (Å²) in [5.74, 6) is 0.884. The molecule has 31 heavy (non-hydrogen) atoms. The second-order valence-corrected chi connectivity index (χ2v) is 8.23.